The van der Waals surface area contributed by atoms with Crippen molar-refractivity contribution in [3.63, 3.8) is 0 Å². The Balaban J connectivity index is 1.08. The first kappa shape index (κ1) is 25.6. The Hall–Kier alpha value is -4.04. The molecule has 8 heteroatoms. The number of aryl methyl sites for hydroxylation is 1. The molecule has 4 aromatic rings. The maximum absolute atomic E-state index is 13.0. The molecule has 5 rings (SSSR count). The van der Waals surface area contributed by atoms with Gasteiger partial charge in [0.25, 0.3) is 0 Å². The maximum atomic E-state index is 13.0. The van der Waals surface area contributed by atoms with Crippen molar-refractivity contribution in [2.75, 3.05) is 13.1 Å². The Bertz CT molecular complexity index is 1350. The molecule has 1 unspecified atom stereocenters. The van der Waals surface area contributed by atoms with E-state index in [0.717, 1.165) is 47.4 Å². The Morgan fingerprint density at radius 3 is 2.68 bits per heavy atom. The molecule has 1 aromatic heterocycles. The van der Waals surface area contributed by atoms with Gasteiger partial charge in [-0.1, -0.05) is 53.2 Å². The zero-order valence-electron chi connectivity index (χ0n) is 21.4. The molecule has 7 nitrogen and oxygen atoms in total. The van der Waals surface area contributed by atoms with E-state index < -0.39 is 0 Å². The van der Waals surface area contributed by atoms with Crippen molar-refractivity contribution in [1.82, 2.24) is 20.4 Å². The number of hydrogen-bond acceptors (Lipinski definition) is 6. The van der Waals surface area contributed by atoms with Crippen LogP contribution >= 0.6 is 0 Å². The van der Waals surface area contributed by atoms with Gasteiger partial charge in [-0.05, 0) is 67.8 Å². The third-order valence-electron chi connectivity index (χ3n) is 6.69. The molecule has 0 bridgehead atoms. The number of nitrogens with zero attached hydrogens (tertiary/aromatic N) is 3. The summed E-state index contributed by atoms with van der Waals surface area (Å²) < 4.78 is 24.3. The molecule has 1 atom stereocenters. The summed E-state index contributed by atoms with van der Waals surface area (Å²) in [7, 11) is 0. The maximum Gasteiger partial charge on any atom is 0.241 e. The van der Waals surface area contributed by atoms with Crippen LogP contribution in [0, 0.1) is 18.7 Å². The molecule has 0 radical (unpaired) electrons. The fraction of sp³-hybridized carbons (Fsp3) is 0.300. The molecule has 1 aliphatic heterocycles. The Morgan fingerprint density at radius 1 is 1.11 bits per heavy atom. The first-order valence-corrected chi connectivity index (χ1v) is 12.9. The quantitative estimate of drug-likeness (QED) is 0.327. The number of rotatable bonds is 9. The molecule has 1 N–H and O–H groups in total. The smallest absolute Gasteiger partial charge is 0.241 e. The van der Waals surface area contributed by atoms with Gasteiger partial charge in [-0.25, -0.2) is 4.39 Å². The summed E-state index contributed by atoms with van der Waals surface area (Å²) in [6.45, 7) is 4.94. The lowest BCUT2D eigenvalue weighted by molar-refractivity contribution is -0.127. The molecule has 0 saturated carbocycles. The second-order valence-electron chi connectivity index (χ2n) is 9.73. The standard InChI is InChI=1S/C30H31FN4O3/c1-21-4-2-5-24(16-21)29-33-28(38-34-29)19-35-15-3-6-25(18-35)30(36)32-17-22-9-13-27(14-10-22)37-20-23-7-11-26(31)12-8-23/h2,4-5,7-14,16,25H,3,6,15,17-20H2,1H3,(H,32,36). The predicted molar refractivity (Wildman–Crippen MR) is 141 cm³/mol. The van der Waals surface area contributed by atoms with E-state index in [1.807, 2.05) is 55.5 Å². The van der Waals surface area contributed by atoms with E-state index in [9.17, 15) is 9.18 Å². The van der Waals surface area contributed by atoms with Crippen LogP contribution in [0.4, 0.5) is 4.39 Å². The van der Waals surface area contributed by atoms with Gasteiger partial charge in [-0.15, -0.1) is 0 Å². The van der Waals surface area contributed by atoms with Crippen molar-refractivity contribution < 1.29 is 18.4 Å². The summed E-state index contributed by atoms with van der Waals surface area (Å²) in [5, 5.41) is 7.21. The molecule has 1 saturated heterocycles. The largest absolute Gasteiger partial charge is 0.489 e. The highest BCUT2D eigenvalue weighted by molar-refractivity contribution is 5.79. The lowest BCUT2D eigenvalue weighted by Gasteiger charge is -2.30. The van der Waals surface area contributed by atoms with Gasteiger partial charge in [0.1, 0.15) is 18.2 Å². The topological polar surface area (TPSA) is 80.5 Å². The number of ether oxygens (including phenoxy) is 1. The monoisotopic (exact) mass is 514 g/mol. The van der Waals surface area contributed by atoms with Gasteiger partial charge in [0, 0.05) is 18.7 Å². The molecule has 1 amide bonds. The number of carbonyl (C=O) groups excluding carboxylic acids is 1. The molecule has 0 aliphatic carbocycles. The number of piperidine rings is 1. The fourth-order valence-corrected chi connectivity index (χ4v) is 4.61. The second kappa shape index (κ2) is 12.0. The summed E-state index contributed by atoms with van der Waals surface area (Å²) in [4.78, 5) is 19.7. The van der Waals surface area contributed by atoms with E-state index in [0.29, 0.717) is 38.0 Å². The molecule has 196 valence electrons. The van der Waals surface area contributed by atoms with Crippen LogP contribution < -0.4 is 10.1 Å². The first-order chi connectivity index (χ1) is 18.5. The number of likely N-dealkylation sites (tertiary alicyclic amines) is 1. The number of amides is 1. The molecular weight excluding hydrogens is 483 g/mol. The van der Waals surface area contributed by atoms with Crippen molar-refractivity contribution in [2.45, 2.75) is 39.5 Å². The third-order valence-corrected chi connectivity index (χ3v) is 6.69. The molecule has 0 spiro atoms. The minimum absolute atomic E-state index is 0.0531. The van der Waals surface area contributed by atoms with E-state index >= 15 is 0 Å². The molecule has 2 heterocycles. The zero-order chi connectivity index (χ0) is 26.3. The van der Waals surface area contributed by atoms with E-state index in [4.69, 9.17) is 9.26 Å². The van der Waals surface area contributed by atoms with Crippen LogP contribution in [-0.2, 0) is 24.5 Å². The number of hydrogen-bond donors (Lipinski definition) is 1. The summed E-state index contributed by atoms with van der Waals surface area (Å²) >= 11 is 0. The van der Waals surface area contributed by atoms with Gasteiger partial charge >= 0.3 is 0 Å². The number of nitrogens with one attached hydrogen (secondary N) is 1. The van der Waals surface area contributed by atoms with Gasteiger partial charge in [0.2, 0.25) is 17.6 Å². The normalized spacial score (nSPS) is 15.8. The van der Waals surface area contributed by atoms with E-state index in [-0.39, 0.29) is 17.6 Å². The SMILES string of the molecule is Cc1cccc(-c2noc(CN3CCCC(C(=O)NCc4ccc(OCc5ccc(F)cc5)cc4)C3)n2)c1. The van der Waals surface area contributed by atoms with Crippen LogP contribution in [0.25, 0.3) is 11.4 Å². The number of halogens is 1. The number of aromatic nitrogens is 2. The van der Waals surface area contributed by atoms with Gasteiger partial charge < -0.3 is 14.6 Å². The highest BCUT2D eigenvalue weighted by Crippen LogP contribution is 2.21. The zero-order valence-corrected chi connectivity index (χ0v) is 21.4. The van der Waals surface area contributed by atoms with Crippen LogP contribution in [0.15, 0.2) is 77.3 Å². The summed E-state index contributed by atoms with van der Waals surface area (Å²) in [6, 6.07) is 21.9. The molecule has 1 aliphatic rings. The van der Waals surface area contributed by atoms with Crippen LogP contribution in [0.1, 0.15) is 35.4 Å². The molecule has 3 aromatic carbocycles. The van der Waals surface area contributed by atoms with Gasteiger partial charge in [0.15, 0.2) is 0 Å². The van der Waals surface area contributed by atoms with Crippen molar-refractivity contribution >= 4 is 5.91 Å². The van der Waals surface area contributed by atoms with Crippen molar-refractivity contribution in [2.24, 2.45) is 5.92 Å². The van der Waals surface area contributed by atoms with Crippen LogP contribution in [0.2, 0.25) is 0 Å². The lowest BCUT2D eigenvalue weighted by atomic mass is 9.97. The van der Waals surface area contributed by atoms with Crippen LogP contribution in [0.3, 0.4) is 0 Å². The predicted octanol–water partition coefficient (Wildman–Crippen LogP) is 5.29. The minimum atomic E-state index is -0.264. The highest BCUT2D eigenvalue weighted by atomic mass is 19.1. The average Bonchev–Trinajstić information content (AvgIpc) is 3.41. The van der Waals surface area contributed by atoms with Gasteiger partial charge in [-0.2, -0.15) is 4.98 Å². The Kier molecular flexibility index (Phi) is 8.09. The first-order valence-electron chi connectivity index (χ1n) is 12.9. The van der Waals surface area contributed by atoms with Gasteiger partial charge in [0.05, 0.1) is 12.5 Å². The molecule has 38 heavy (non-hydrogen) atoms. The van der Waals surface area contributed by atoms with E-state index in [1.54, 1.807) is 12.1 Å². The molecular formula is C30H31FN4O3. The number of carbonyl (C=O) groups is 1. The second-order valence-corrected chi connectivity index (χ2v) is 9.73. The van der Waals surface area contributed by atoms with Crippen LogP contribution in [-0.4, -0.2) is 34.0 Å². The summed E-state index contributed by atoms with van der Waals surface area (Å²) in [5.74, 6) is 1.57. The van der Waals surface area contributed by atoms with Crippen molar-refractivity contribution in [1.29, 1.82) is 0 Å². The number of benzene rings is 3. The van der Waals surface area contributed by atoms with E-state index in [1.165, 1.54) is 12.1 Å². The Morgan fingerprint density at radius 2 is 1.89 bits per heavy atom. The summed E-state index contributed by atoms with van der Waals surface area (Å²) in [5.41, 5.74) is 3.97. The van der Waals surface area contributed by atoms with E-state index in [2.05, 4.69) is 20.4 Å². The molecule has 1 fully saturated rings. The summed E-state index contributed by atoms with van der Waals surface area (Å²) in [6.07, 6.45) is 1.80. The van der Waals surface area contributed by atoms with Gasteiger partial charge in [-0.3, -0.25) is 9.69 Å². The fourth-order valence-electron chi connectivity index (χ4n) is 4.61. The average molecular weight is 515 g/mol. The van der Waals surface area contributed by atoms with Crippen molar-refractivity contribution in [3.05, 3.63) is 101 Å². The Labute approximate surface area is 221 Å². The minimum Gasteiger partial charge on any atom is -0.489 e. The van der Waals surface area contributed by atoms with Crippen LogP contribution in [0.5, 0.6) is 5.75 Å². The van der Waals surface area contributed by atoms with Crippen molar-refractivity contribution in [3.8, 4) is 17.1 Å². The lowest BCUT2D eigenvalue weighted by Crippen LogP contribution is -2.42. The highest BCUT2D eigenvalue weighted by Gasteiger charge is 2.26. The third kappa shape index (κ3) is 6.83.